The van der Waals surface area contributed by atoms with E-state index in [0.717, 1.165) is 43.3 Å². The number of benzene rings is 3. The van der Waals surface area contributed by atoms with Gasteiger partial charge in [-0.3, -0.25) is 9.59 Å². The molecule has 0 aliphatic rings. The summed E-state index contributed by atoms with van der Waals surface area (Å²) < 4.78 is 6.07. The summed E-state index contributed by atoms with van der Waals surface area (Å²) in [7, 11) is 0. The Kier molecular flexibility index (Phi) is 7.31. The van der Waals surface area contributed by atoms with Crippen molar-refractivity contribution in [3.63, 3.8) is 0 Å². The van der Waals surface area contributed by atoms with Gasteiger partial charge in [0.1, 0.15) is 0 Å². The summed E-state index contributed by atoms with van der Waals surface area (Å²) in [5, 5.41) is 3.86. The number of carbonyl (C=O) groups excluding carboxylic acids is 2. The maximum atomic E-state index is 13.8. The molecule has 1 N–H and O–H groups in total. The van der Waals surface area contributed by atoms with E-state index in [-0.39, 0.29) is 11.9 Å². The first kappa shape index (κ1) is 24.6. The summed E-state index contributed by atoms with van der Waals surface area (Å²) in [6.45, 7) is 7.76. The van der Waals surface area contributed by atoms with Crippen molar-refractivity contribution < 1.29 is 14.3 Å². The fraction of sp³-hybridized carbons (Fsp3) is 0.207. The summed E-state index contributed by atoms with van der Waals surface area (Å²) in [5.74, 6) is -0.947. The predicted molar refractivity (Wildman–Crippen MR) is 144 cm³/mol. The second-order valence-corrected chi connectivity index (χ2v) is 9.35. The lowest BCUT2D eigenvalue weighted by Gasteiger charge is -2.18. The van der Waals surface area contributed by atoms with Gasteiger partial charge in [-0.05, 0) is 68.7 Å². The minimum Gasteiger partial charge on any atom is -0.466 e. The van der Waals surface area contributed by atoms with Gasteiger partial charge in [0.2, 0.25) is 0 Å². The van der Waals surface area contributed by atoms with Gasteiger partial charge in [0.15, 0.2) is 0 Å². The largest absolute Gasteiger partial charge is 0.466 e. The summed E-state index contributed by atoms with van der Waals surface area (Å²) in [4.78, 5) is 31.0. The van der Waals surface area contributed by atoms with Gasteiger partial charge in [-0.2, -0.15) is 0 Å². The molecule has 0 spiro atoms. The van der Waals surface area contributed by atoms with Crippen LogP contribution in [-0.4, -0.2) is 23.5 Å². The smallest absolute Gasteiger partial charge is 0.313 e. The van der Waals surface area contributed by atoms with Crippen LogP contribution in [0.5, 0.6) is 0 Å². The Balaban J connectivity index is 1.80. The average Bonchev–Trinajstić information content (AvgIpc) is 2.85. The molecule has 0 fully saturated rings. The van der Waals surface area contributed by atoms with Gasteiger partial charge in [0, 0.05) is 21.1 Å². The monoisotopic (exact) mass is 530 g/mol. The first-order chi connectivity index (χ1) is 16.8. The number of rotatable bonds is 6. The molecule has 0 aliphatic carbocycles. The molecular formula is C29H27BrN2O3. The van der Waals surface area contributed by atoms with Crippen LogP contribution < -0.4 is 5.32 Å². The number of hydrogen-bond acceptors (Lipinski definition) is 4. The number of hydrogen-bond donors (Lipinski definition) is 1. The van der Waals surface area contributed by atoms with Crippen molar-refractivity contribution in [1.29, 1.82) is 0 Å². The van der Waals surface area contributed by atoms with Crippen molar-refractivity contribution in [1.82, 2.24) is 4.98 Å². The van der Waals surface area contributed by atoms with Gasteiger partial charge in [-0.25, -0.2) is 4.98 Å². The molecule has 1 heterocycles. The van der Waals surface area contributed by atoms with Gasteiger partial charge in [0.25, 0.3) is 5.91 Å². The Morgan fingerprint density at radius 1 is 1.00 bits per heavy atom. The van der Waals surface area contributed by atoms with Gasteiger partial charge < -0.3 is 10.1 Å². The van der Waals surface area contributed by atoms with Crippen molar-refractivity contribution in [2.24, 2.45) is 0 Å². The molecule has 3 aromatic carbocycles. The third kappa shape index (κ3) is 4.98. The molecule has 1 amide bonds. The second-order valence-electron chi connectivity index (χ2n) is 8.44. The number of ether oxygens (including phenoxy) is 1. The van der Waals surface area contributed by atoms with Crippen LogP contribution in [-0.2, 0) is 9.53 Å². The molecule has 1 aromatic heterocycles. The molecule has 4 rings (SSSR count). The maximum absolute atomic E-state index is 13.8. The zero-order valence-electron chi connectivity index (χ0n) is 20.2. The highest BCUT2D eigenvalue weighted by molar-refractivity contribution is 9.10. The van der Waals surface area contributed by atoms with Gasteiger partial charge >= 0.3 is 5.97 Å². The van der Waals surface area contributed by atoms with E-state index in [4.69, 9.17) is 9.72 Å². The number of anilines is 1. The molecule has 0 aliphatic heterocycles. The van der Waals surface area contributed by atoms with Crippen LogP contribution in [0.2, 0.25) is 0 Å². The Bertz CT molecular complexity index is 1420. The first-order valence-corrected chi connectivity index (χ1v) is 12.3. The van der Waals surface area contributed by atoms with Crippen LogP contribution in [0.1, 0.15) is 46.8 Å². The molecule has 1 unspecified atom stereocenters. The Labute approximate surface area is 213 Å². The molecule has 0 saturated heterocycles. The molecule has 0 radical (unpaired) electrons. The fourth-order valence-corrected chi connectivity index (χ4v) is 4.70. The molecule has 6 heteroatoms. The van der Waals surface area contributed by atoms with Crippen molar-refractivity contribution in [2.75, 3.05) is 11.9 Å². The van der Waals surface area contributed by atoms with E-state index in [2.05, 4.69) is 21.2 Å². The van der Waals surface area contributed by atoms with E-state index >= 15 is 0 Å². The number of esters is 1. The normalized spacial score (nSPS) is 11.8. The molecule has 0 saturated carbocycles. The Morgan fingerprint density at radius 2 is 1.74 bits per heavy atom. The highest BCUT2D eigenvalue weighted by Gasteiger charge is 2.23. The zero-order valence-corrected chi connectivity index (χ0v) is 21.8. The SMILES string of the molecule is CCOC(=O)C(C)c1cccc(NC(=O)c2c(C)c(-c3ccccc3)nc3ccc(Br)cc23)c1C. The van der Waals surface area contributed by atoms with Crippen molar-refractivity contribution >= 4 is 44.4 Å². The number of nitrogens with zero attached hydrogens (tertiary/aromatic N) is 1. The zero-order chi connectivity index (χ0) is 25.1. The summed E-state index contributed by atoms with van der Waals surface area (Å²) >= 11 is 3.53. The topological polar surface area (TPSA) is 68.3 Å². The van der Waals surface area contributed by atoms with E-state index in [1.807, 2.05) is 87.5 Å². The lowest BCUT2D eigenvalue weighted by atomic mass is 9.94. The quantitative estimate of drug-likeness (QED) is 0.267. The van der Waals surface area contributed by atoms with E-state index in [1.165, 1.54) is 0 Å². The van der Waals surface area contributed by atoms with E-state index < -0.39 is 5.92 Å². The number of aromatic nitrogens is 1. The van der Waals surface area contributed by atoms with Crippen LogP contribution in [0.25, 0.3) is 22.2 Å². The van der Waals surface area contributed by atoms with Crippen molar-refractivity contribution in [3.05, 3.63) is 93.5 Å². The molecule has 4 aromatic rings. The van der Waals surface area contributed by atoms with Crippen LogP contribution in [0.15, 0.2) is 71.2 Å². The number of nitrogens with one attached hydrogen (secondary N) is 1. The van der Waals surface area contributed by atoms with Crippen LogP contribution in [0, 0.1) is 13.8 Å². The fourth-order valence-electron chi connectivity index (χ4n) is 4.34. The third-order valence-corrected chi connectivity index (χ3v) is 6.69. The van der Waals surface area contributed by atoms with E-state index in [0.29, 0.717) is 17.9 Å². The Morgan fingerprint density at radius 3 is 2.46 bits per heavy atom. The van der Waals surface area contributed by atoms with Crippen LogP contribution in [0.4, 0.5) is 5.69 Å². The lowest BCUT2D eigenvalue weighted by molar-refractivity contribution is -0.144. The predicted octanol–water partition coefficient (Wildman–Crippen LogP) is 7.20. The highest BCUT2D eigenvalue weighted by Crippen LogP contribution is 2.33. The summed E-state index contributed by atoms with van der Waals surface area (Å²) in [6, 6.07) is 21.2. The van der Waals surface area contributed by atoms with Gasteiger partial charge in [0.05, 0.1) is 29.3 Å². The Hall–Kier alpha value is -3.51. The maximum Gasteiger partial charge on any atom is 0.313 e. The molecule has 5 nitrogen and oxygen atoms in total. The van der Waals surface area contributed by atoms with Gasteiger partial charge in [-0.1, -0.05) is 58.4 Å². The summed E-state index contributed by atoms with van der Waals surface area (Å²) in [6.07, 6.45) is 0. The average molecular weight is 531 g/mol. The van der Waals surface area contributed by atoms with E-state index in [9.17, 15) is 9.59 Å². The third-order valence-electron chi connectivity index (χ3n) is 6.20. The molecular weight excluding hydrogens is 504 g/mol. The highest BCUT2D eigenvalue weighted by atomic mass is 79.9. The van der Waals surface area contributed by atoms with Crippen LogP contribution in [0.3, 0.4) is 0 Å². The van der Waals surface area contributed by atoms with Crippen molar-refractivity contribution in [3.8, 4) is 11.3 Å². The number of fused-ring (bicyclic) bond motifs is 1. The second kappa shape index (κ2) is 10.4. The molecule has 178 valence electrons. The number of halogens is 1. The molecule has 0 bridgehead atoms. The molecule has 1 atom stereocenters. The number of pyridine rings is 1. The number of amides is 1. The van der Waals surface area contributed by atoms with Crippen LogP contribution >= 0.6 is 15.9 Å². The minimum absolute atomic E-state index is 0.228. The first-order valence-electron chi connectivity index (χ1n) is 11.5. The number of carbonyl (C=O) groups is 2. The standard InChI is InChI=1S/C29H27BrN2O3/c1-5-35-29(34)18(3)22-12-9-13-24(17(22)2)32-28(33)26-19(4)27(20-10-7-6-8-11-20)31-25-15-14-21(30)16-23(25)26/h6-16,18H,5H2,1-4H3,(H,32,33). The molecule has 35 heavy (non-hydrogen) atoms. The summed E-state index contributed by atoms with van der Waals surface area (Å²) in [5.41, 5.74) is 6.14. The lowest BCUT2D eigenvalue weighted by Crippen LogP contribution is -2.18. The van der Waals surface area contributed by atoms with Crippen molar-refractivity contribution in [2.45, 2.75) is 33.6 Å². The minimum atomic E-state index is -0.434. The van der Waals surface area contributed by atoms with Gasteiger partial charge in [-0.15, -0.1) is 0 Å². The van der Waals surface area contributed by atoms with E-state index in [1.54, 1.807) is 6.92 Å².